The molecule has 10 aromatic rings. The minimum atomic E-state index is -0.572. The molecular weight excluding hydrogens is 916 g/mol. The third-order valence-electron chi connectivity index (χ3n) is 10.8. The minimum absolute atomic E-state index is 0. The van der Waals surface area contributed by atoms with E-state index in [4.69, 9.17) is 23.4 Å². The van der Waals surface area contributed by atoms with Crippen LogP contribution >= 0.6 is 0 Å². The van der Waals surface area contributed by atoms with Gasteiger partial charge in [-0.25, -0.2) is 4.98 Å². The van der Waals surface area contributed by atoms with Crippen molar-refractivity contribution in [1.29, 1.82) is 0 Å². The Morgan fingerprint density at radius 1 is 0.683 bits per heavy atom. The molecule has 6 nitrogen and oxygen atoms in total. The van der Waals surface area contributed by atoms with Crippen LogP contribution in [0, 0.1) is 18.5 Å². The molecule has 0 unspecified atom stereocenters. The number of hydrogen-bond donors (Lipinski definition) is 0. The van der Waals surface area contributed by atoms with Gasteiger partial charge >= 0.3 is 6.85 Å². The SMILES string of the molecule is [2H]c1c([2H])c([2H])c(-c2cccc(-c3c([2H])c([2H])c([2H])c([2H])c3[2H])c2-[n+]2[c-]n(-c3[c-]c(Oc4[c-]c5c(cc4)c4cccc6c4n5-c4ncccc4B4C=CC=CN46)ccc3)c3ccccc32)c([2H])c1[2H].[Pt]. The Hall–Kier alpha value is -7.21. The smallest absolute Gasteiger partial charge is 0.323 e. The number of anilines is 1. The van der Waals surface area contributed by atoms with Crippen LogP contribution in [0.3, 0.4) is 0 Å². The molecule has 7 aromatic carbocycles. The Morgan fingerprint density at radius 3 is 2.25 bits per heavy atom. The van der Waals surface area contributed by atoms with E-state index in [0.29, 0.717) is 28.2 Å². The molecule has 0 aliphatic carbocycles. The molecule has 0 spiro atoms. The van der Waals surface area contributed by atoms with E-state index in [1.807, 2.05) is 54.6 Å². The summed E-state index contributed by atoms with van der Waals surface area (Å²) in [6.07, 6.45) is 11.4. The summed E-state index contributed by atoms with van der Waals surface area (Å²) in [7, 11) is 0. The zero-order valence-electron chi connectivity index (χ0n) is 41.2. The van der Waals surface area contributed by atoms with E-state index < -0.39 is 60.4 Å². The van der Waals surface area contributed by atoms with Crippen LogP contribution in [0.25, 0.3) is 72.3 Å². The average molecular weight is 959 g/mol. The van der Waals surface area contributed by atoms with Crippen molar-refractivity contribution < 1.29 is 44.1 Å². The summed E-state index contributed by atoms with van der Waals surface area (Å²) in [5.74, 6) is 3.76. The van der Waals surface area contributed by atoms with Gasteiger partial charge in [0.05, 0.1) is 41.6 Å². The topological polar surface area (TPSA) is 39.1 Å². The predicted octanol–water partition coefficient (Wildman–Crippen LogP) is 10.6. The molecule has 0 saturated heterocycles. The molecule has 286 valence electrons. The van der Waals surface area contributed by atoms with Crippen molar-refractivity contribution in [3.8, 4) is 50.9 Å². The van der Waals surface area contributed by atoms with Gasteiger partial charge in [-0.3, -0.25) is 4.57 Å². The largest absolute Gasteiger partial charge is 0.510 e. The Labute approximate surface area is 376 Å². The van der Waals surface area contributed by atoms with Gasteiger partial charge in [-0.1, -0.05) is 139 Å². The van der Waals surface area contributed by atoms with Crippen LogP contribution in [0.1, 0.15) is 13.7 Å². The molecule has 5 heterocycles. The Balaban J connectivity index is 0.00000533. The number of fused-ring (bicyclic) bond motifs is 9. The third-order valence-corrected chi connectivity index (χ3v) is 10.8. The molecule has 0 bridgehead atoms. The molecule has 0 amide bonds. The fourth-order valence-corrected chi connectivity index (χ4v) is 8.35. The maximum absolute atomic E-state index is 9.00. The predicted molar refractivity (Wildman–Crippen MR) is 237 cm³/mol. The van der Waals surface area contributed by atoms with E-state index in [2.05, 4.69) is 70.4 Å². The number of para-hydroxylation sites is 4. The fourth-order valence-electron chi connectivity index (χ4n) is 8.35. The second kappa shape index (κ2) is 14.6. The van der Waals surface area contributed by atoms with Gasteiger partial charge in [-0.15, -0.1) is 29.7 Å². The summed E-state index contributed by atoms with van der Waals surface area (Å²) in [6, 6.07) is 33.4. The van der Waals surface area contributed by atoms with E-state index in [1.165, 1.54) is 0 Å². The van der Waals surface area contributed by atoms with E-state index in [9.17, 15) is 0 Å². The van der Waals surface area contributed by atoms with Gasteiger partial charge in [0, 0.05) is 38.8 Å². The standard InChI is InChI=1S/C52H32BN5O.Pt/c1-3-15-36(16-4-1)41-21-12-22-42(37-17-5-2-6-18-37)50(41)56-35-55(46-25-7-8-26-47(46)56)38-19-11-20-39(33-38)59-40-28-29-43-44-23-13-27-48-51(44)58(49(43)34-40)52-45(24-14-31-54-52)53-30-9-10-32-57(48)53;/h1-32H;/q-2;/i1D,2D,3D,4D,5D,6D,15D,16D,17D,18D;. The van der Waals surface area contributed by atoms with E-state index in [-0.39, 0.29) is 55.9 Å². The molecular formula is C52H32BN5OPt-2. The monoisotopic (exact) mass is 958 g/mol. The number of hydrogen-bond acceptors (Lipinski definition) is 3. The Kier molecular flexibility index (Phi) is 6.49. The van der Waals surface area contributed by atoms with Crippen molar-refractivity contribution in [2.24, 2.45) is 0 Å². The summed E-state index contributed by atoms with van der Waals surface area (Å²) >= 11 is 0. The number of rotatable bonds is 6. The van der Waals surface area contributed by atoms with Crippen molar-refractivity contribution in [1.82, 2.24) is 14.1 Å². The number of ether oxygens (including phenoxy) is 1. The molecule has 0 N–H and O–H groups in total. The van der Waals surface area contributed by atoms with Crippen molar-refractivity contribution in [2.45, 2.75) is 0 Å². The van der Waals surface area contributed by atoms with Gasteiger partial charge in [0.25, 0.3) is 6.33 Å². The first-order valence-corrected chi connectivity index (χ1v) is 18.9. The van der Waals surface area contributed by atoms with Gasteiger partial charge in [0.15, 0.2) is 0 Å². The van der Waals surface area contributed by atoms with Gasteiger partial charge < -0.3 is 18.7 Å². The first-order chi connectivity index (χ1) is 33.4. The summed E-state index contributed by atoms with van der Waals surface area (Å²) < 4.78 is 98.9. The number of imidazole rings is 1. The number of allylic oxidation sites excluding steroid dienone is 2. The van der Waals surface area contributed by atoms with Crippen molar-refractivity contribution >= 4 is 50.8 Å². The van der Waals surface area contributed by atoms with E-state index in [1.54, 1.807) is 45.7 Å². The fraction of sp³-hybridized carbons (Fsp3) is 0. The number of pyridine rings is 1. The second-order valence-electron chi connectivity index (χ2n) is 14.1. The van der Waals surface area contributed by atoms with Crippen LogP contribution in [-0.2, 0) is 21.1 Å². The molecule has 12 rings (SSSR count). The zero-order chi connectivity index (χ0) is 47.6. The quantitative estimate of drug-likeness (QED) is 0.0947. The summed E-state index contributed by atoms with van der Waals surface area (Å²) in [5.41, 5.74) is 5.69. The molecule has 0 atom stereocenters. The molecule has 0 radical (unpaired) electrons. The van der Waals surface area contributed by atoms with Crippen LogP contribution in [0.4, 0.5) is 5.69 Å². The molecule has 3 aromatic heterocycles. The van der Waals surface area contributed by atoms with Gasteiger partial charge in [0.2, 0.25) is 0 Å². The van der Waals surface area contributed by atoms with Crippen LogP contribution in [0.2, 0.25) is 0 Å². The maximum atomic E-state index is 9.00. The zero-order valence-corrected chi connectivity index (χ0v) is 33.5. The molecule has 2 aliphatic heterocycles. The van der Waals surface area contributed by atoms with Crippen LogP contribution < -0.4 is 19.6 Å². The van der Waals surface area contributed by atoms with Crippen LogP contribution in [0.5, 0.6) is 11.5 Å². The molecule has 8 heteroatoms. The normalized spacial score (nSPS) is 15.0. The Bertz CT molecular complexity index is 3800. The number of benzene rings is 7. The summed E-state index contributed by atoms with van der Waals surface area (Å²) in [4.78, 5) is 7.19. The Morgan fingerprint density at radius 2 is 1.43 bits per heavy atom. The van der Waals surface area contributed by atoms with E-state index >= 15 is 0 Å². The summed E-state index contributed by atoms with van der Waals surface area (Å²) in [5, 5.41) is 2.03. The number of aromatic nitrogens is 4. The number of nitrogens with zero attached hydrogens (tertiary/aromatic N) is 5. The minimum Gasteiger partial charge on any atom is -0.510 e. The molecule has 2 aliphatic rings. The van der Waals surface area contributed by atoms with Crippen molar-refractivity contribution in [3.05, 3.63) is 213 Å². The maximum Gasteiger partial charge on any atom is 0.323 e. The summed E-state index contributed by atoms with van der Waals surface area (Å²) in [6.45, 7) is -0.0585. The second-order valence-corrected chi connectivity index (χ2v) is 14.1. The van der Waals surface area contributed by atoms with Crippen LogP contribution in [0.15, 0.2) is 194 Å². The molecule has 0 fully saturated rings. The first kappa shape index (κ1) is 26.7. The van der Waals surface area contributed by atoms with E-state index in [0.717, 1.165) is 38.8 Å². The van der Waals surface area contributed by atoms with Gasteiger partial charge in [-0.05, 0) is 63.2 Å². The average Bonchev–Trinajstić information content (AvgIpc) is 3.88. The van der Waals surface area contributed by atoms with Gasteiger partial charge in [0.1, 0.15) is 5.82 Å². The van der Waals surface area contributed by atoms with Crippen molar-refractivity contribution in [2.75, 3.05) is 4.81 Å². The first-order valence-electron chi connectivity index (χ1n) is 23.9. The third kappa shape index (κ3) is 5.69. The van der Waals surface area contributed by atoms with Crippen molar-refractivity contribution in [3.63, 3.8) is 0 Å². The van der Waals surface area contributed by atoms with Gasteiger partial charge in [-0.2, -0.15) is 18.2 Å². The molecule has 60 heavy (non-hydrogen) atoms. The van der Waals surface area contributed by atoms with Crippen LogP contribution in [-0.4, -0.2) is 21.0 Å². The molecule has 0 saturated carbocycles.